The largest absolute Gasteiger partial charge is 0.399 e. The number of nitrogens with two attached hydrogens (primary N) is 1. The van der Waals surface area contributed by atoms with E-state index in [1.165, 1.54) is 17.2 Å². The van der Waals surface area contributed by atoms with Gasteiger partial charge in [-0.15, -0.1) is 0 Å². The van der Waals surface area contributed by atoms with Crippen LogP contribution in [0.1, 0.15) is 25.6 Å². The van der Waals surface area contributed by atoms with Gasteiger partial charge in [-0.1, -0.05) is 19.9 Å². The van der Waals surface area contributed by atoms with Crippen LogP contribution in [0.3, 0.4) is 0 Å². The Labute approximate surface area is 129 Å². The van der Waals surface area contributed by atoms with E-state index in [0.29, 0.717) is 5.92 Å². The molecule has 1 aliphatic rings. The molecule has 3 rings (SSSR count). The number of anilines is 3. The maximum Gasteiger partial charge on any atom is 0.205 e. The van der Waals surface area contributed by atoms with Crippen molar-refractivity contribution in [3.05, 3.63) is 30.1 Å². The lowest BCUT2D eigenvalue weighted by atomic mass is 10.2. The predicted octanol–water partition coefficient (Wildman–Crippen LogP) is 2.57. The Bertz CT molecular complexity index is 602. The monoisotopic (exact) mass is 303 g/mol. The smallest absolute Gasteiger partial charge is 0.205 e. The second-order valence-electron chi connectivity index (χ2n) is 5.66. The molecule has 1 fully saturated rings. The molecule has 0 spiro atoms. The van der Waals surface area contributed by atoms with Gasteiger partial charge in [-0.2, -0.15) is 4.37 Å². The topological polar surface area (TPSA) is 58.3 Å². The second-order valence-corrected chi connectivity index (χ2v) is 6.39. The molecule has 1 aromatic carbocycles. The minimum Gasteiger partial charge on any atom is -0.399 e. The molecular weight excluding hydrogens is 282 g/mol. The SMILES string of the molecule is CC(C)c1nsc(N2CCN(c3cccc(N)c3)CC2)n1. The third-order valence-electron chi connectivity index (χ3n) is 3.73. The molecule has 112 valence electrons. The van der Waals surface area contributed by atoms with Crippen LogP contribution in [0.5, 0.6) is 0 Å². The third-order valence-corrected chi connectivity index (χ3v) is 4.52. The summed E-state index contributed by atoms with van der Waals surface area (Å²) in [7, 11) is 0. The molecule has 6 heteroatoms. The van der Waals surface area contributed by atoms with Crippen molar-refractivity contribution in [1.82, 2.24) is 9.36 Å². The molecule has 5 nitrogen and oxygen atoms in total. The summed E-state index contributed by atoms with van der Waals surface area (Å²) < 4.78 is 4.44. The van der Waals surface area contributed by atoms with Crippen molar-refractivity contribution in [1.29, 1.82) is 0 Å². The van der Waals surface area contributed by atoms with Crippen molar-refractivity contribution in [3.8, 4) is 0 Å². The highest BCUT2D eigenvalue weighted by Gasteiger charge is 2.20. The Kier molecular flexibility index (Phi) is 3.96. The van der Waals surface area contributed by atoms with Crippen molar-refractivity contribution in [2.75, 3.05) is 41.7 Å². The van der Waals surface area contributed by atoms with E-state index >= 15 is 0 Å². The second kappa shape index (κ2) is 5.89. The van der Waals surface area contributed by atoms with Crippen LogP contribution in [0.25, 0.3) is 0 Å². The Morgan fingerprint density at radius 3 is 2.48 bits per heavy atom. The maximum atomic E-state index is 5.86. The fourth-order valence-corrected chi connectivity index (χ4v) is 3.33. The lowest BCUT2D eigenvalue weighted by molar-refractivity contribution is 0.650. The van der Waals surface area contributed by atoms with E-state index in [1.54, 1.807) is 0 Å². The van der Waals surface area contributed by atoms with Gasteiger partial charge in [-0.25, -0.2) is 4.98 Å². The zero-order chi connectivity index (χ0) is 14.8. The van der Waals surface area contributed by atoms with Crippen LogP contribution in [0.2, 0.25) is 0 Å². The van der Waals surface area contributed by atoms with Gasteiger partial charge in [0.15, 0.2) is 0 Å². The molecule has 0 bridgehead atoms. The van der Waals surface area contributed by atoms with E-state index in [2.05, 4.69) is 39.1 Å². The quantitative estimate of drug-likeness (QED) is 0.883. The average molecular weight is 303 g/mol. The zero-order valence-electron chi connectivity index (χ0n) is 12.5. The van der Waals surface area contributed by atoms with Crippen molar-refractivity contribution in [3.63, 3.8) is 0 Å². The van der Waals surface area contributed by atoms with Crippen LogP contribution in [0, 0.1) is 0 Å². The molecule has 1 aliphatic heterocycles. The highest BCUT2D eigenvalue weighted by Crippen LogP contribution is 2.24. The van der Waals surface area contributed by atoms with Crippen molar-refractivity contribution < 1.29 is 0 Å². The first-order valence-corrected chi connectivity index (χ1v) is 8.10. The zero-order valence-corrected chi connectivity index (χ0v) is 13.3. The van der Waals surface area contributed by atoms with Gasteiger partial charge in [0, 0.05) is 55.0 Å². The summed E-state index contributed by atoms with van der Waals surface area (Å²) in [5.74, 6) is 1.34. The van der Waals surface area contributed by atoms with Crippen molar-refractivity contribution in [2.24, 2.45) is 0 Å². The fraction of sp³-hybridized carbons (Fsp3) is 0.467. The predicted molar refractivity (Wildman–Crippen MR) is 89.3 cm³/mol. The van der Waals surface area contributed by atoms with Crippen LogP contribution in [0.4, 0.5) is 16.5 Å². The first kappa shape index (κ1) is 14.1. The molecule has 0 atom stereocenters. The Hall–Kier alpha value is -1.82. The summed E-state index contributed by atoms with van der Waals surface area (Å²) >= 11 is 1.51. The number of aromatic nitrogens is 2. The molecule has 2 N–H and O–H groups in total. The van der Waals surface area contributed by atoms with Gasteiger partial charge in [0.1, 0.15) is 5.82 Å². The first-order chi connectivity index (χ1) is 10.1. The highest BCUT2D eigenvalue weighted by atomic mass is 32.1. The molecule has 0 unspecified atom stereocenters. The lowest BCUT2D eigenvalue weighted by Crippen LogP contribution is -2.46. The van der Waals surface area contributed by atoms with Crippen molar-refractivity contribution >= 4 is 28.0 Å². The number of nitrogens with zero attached hydrogens (tertiary/aromatic N) is 4. The van der Waals surface area contributed by atoms with Crippen LogP contribution in [-0.4, -0.2) is 35.5 Å². The number of benzene rings is 1. The minimum atomic E-state index is 0.392. The highest BCUT2D eigenvalue weighted by molar-refractivity contribution is 7.09. The van der Waals surface area contributed by atoms with E-state index < -0.39 is 0 Å². The van der Waals surface area contributed by atoms with E-state index in [-0.39, 0.29) is 0 Å². The van der Waals surface area contributed by atoms with Crippen LogP contribution in [-0.2, 0) is 0 Å². The molecule has 0 amide bonds. The van der Waals surface area contributed by atoms with Gasteiger partial charge in [-0.05, 0) is 18.2 Å². The van der Waals surface area contributed by atoms with Gasteiger partial charge < -0.3 is 15.5 Å². The normalized spacial score (nSPS) is 15.8. The summed E-state index contributed by atoms with van der Waals surface area (Å²) in [6.45, 7) is 8.18. The summed E-state index contributed by atoms with van der Waals surface area (Å²) in [6, 6.07) is 8.09. The maximum absolute atomic E-state index is 5.86. The summed E-state index contributed by atoms with van der Waals surface area (Å²) in [6.07, 6.45) is 0. The standard InChI is InChI=1S/C15H21N5S/c1-11(2)14-17-15(21-18-14)20-8-6-19(7-9-20)13-5-3-4-12(16)10-13/h3-5,10-11H,6-9,16H2,1-2H3. The number of piperazine rings is 1. The van der Waals surface area contributed by atoms with Gasteiger partial charge in [0.05, 0.1) is 0 Å². The molecule has 0 saturated carbocycles. The molecule has 2 heterocycles. The first-order valence-electron chi connectivity index (χ1n) is 7.32. The molecule has 0 aliphatic carbocycles. The third kappa shape index (κ3) is 3.10. The summed E-state index contributed by atoms with van der Waals surface area (Å²) in [5, 5.41) is 1.05. The van der Waals surface area contributed by atoms with E-state index in [0.717, 1.165) is 42.8 Å². The number of hydrogen-bond donors (Lipinski definition) is 1. The number of hydrogen-bond acceptors (Lipinski definition) is 6. The van der Waals surface area contributed by atoms with Gasteiger partial charge in [-0.3, -0.25) is 0 Å². The summed E-state index contributed by atoms with van der Waals surface area (Å²) in [4.78, 5) is 9.34. The average Bonchev–Trinajstić information content (AvgIpc) is 2.97. The van der Waals surface area contributed by atoms with E-state index in [1.807, 2.05) is 18.2 Å². The molecular formula is C15H21N5S. The molecule has 2 aromatic rings. The van der Waals surface area contributed by atoms with Crippen molar-refractivity contribution in [2.45, 2.75) is 19.8 Å². The van der Waals surface area contributed by atoms with Gasteiger partial charge >= 0.3 is 0 Å². The van der Waals surface area contributed by atoms with Gasteiger partial charge in [0.2, 0.25) is 5.13 Å². The Morgan fingerprint density at radius 1 is 1.14 bits per heavy atom. The lowest BCUT2D eigenvalue weighted by Gasteiger charge is -2.35. The molecule has 1 saturated heterocycles. The molecule has 21 heavy (non-hydrogen) atoms. The summed E-state index contributed by atoms with van der Waals surface area (Å²) in [5.41, 5.74) is 7.88. The van der Waals surface area contributed by atoms with Crippen LogP contribution < -0.4 is 15.5 Å². The Balaban J connectivity index is 1.64. The van der Waals surface area contributed by atoms with Crippen LogP contribution >= 0.6 is 11.5 Å². The number of nitrogen functional groups attached to an aromatic ring is 1. The van der Waals surface area contributed by atoms with E-state index in [4.69, 9.17) is 5.73 Å². The molecule has 1 aromatic heterocycles. The van der Waals surface area contributed by atoms with Crippen LogP contribution in [0.15, 0.2) is 24.3 Å². The minimum absolute atomic E-state index is 0.392. The van der Waals surface area contributed by atoms with E-state index in [9.17, 15) is 0 Å². The van der Waals surface area contributed by atoms with Gasteiger partial charge in [0.25, 0.3) is 0 Å². The Morgan fingerprint density at radius 2 is 1.86 bits per heavy atom. The number of rotatable bonds is 3. The molecule has 0 radical (unpaired) electrons. The fourth-order valence-electron chi connectivity index (χ4n) is 2.47.